The first-order chi connectivity index (χ1) is 8.81. The van der Waals surface area contributed by atoms with Crippen LogP contribution in [0, 0.1) is 0 Å². The second-order valence-corrected chi connectivity index (χ2v) is 5.49. The molecule has 0 radical (unpaired) electrons. The fourth-order valence-electron chi connectivity index (χ4n) is 2.64. The molecule has 0 amide bonds. The van der Waals surface area contributed by atoms with E-state index in [0.29, 0.717) is 0 Å². The fraction of sp³-hybridized carbons (Fsp3) is 0.143. The molecule has 18 heavy (non-hydrogen) atoms. The van der Waals surface area contributed by atoms with Gasteiger partial charge in [0, 0.05) is 11.1 Å². The highest BCUT2D eigenvalue weighted by molar-refractivity contribution is 9.10. The molecule has 1 atom stereocenters. The zero-order chi connectivity index (χ0) is 12.4. The molecule has 1 N–H and O–H groups in total. The Morgan fingerprint density at radius 1 is 0.944 bits per heavy atom. The van der Waals surface area contributed by atoms with E-state index in [2.05, 4.69) is 69.7 Å². The van der Waals surface area contributed by atoms with Gasteiger partial charge < -0.3 is 9.88 Å². The van der Waals surface area contributed by atoms with Crippen molar-refractivity contribution in [2.75, 3.05) is 13.2 Å². The second kappa shape index (κ2) is 4.88. The molecule has 1 saturated heterocycles. The zero-order valence-electron chi connectivity index (χ0n) is 9.97. The van der Waals surface area contributed by atoms with Crippen molar-refractivity contribution in [3.05, 3.63) is 59.1 Å². The Labute approximate surface area is 115 Å². The molecule has 4 heteroatoms. The van der Waals surface area contributed by atoms with Crippen molar-refractivity contribution in [2.24, 2.45) is 0 Å². The standard InChI is InChI=1S/C14H14BBrNO/c16-14-8-6-13(7-9-14)15(17-10-11-18-15)12-4-2-1-3-5-12/h1-9,17H,10-11H2/q-1. The Morgan fingerprint density at radius 3 is 2.22 bits per heavy atom. The van der Waals surface area contributed by atoms with Crippen molar-refractivity contribution in [3.63, 3.8) is 0 Å². The van der Waals surface area contributed by atoms with Crippen LogP contribution in [0.2, 0.25) is 0 Å². The third-order valence-electron chi connectivity index (χ3n) is 3.51. The van der Waals surface area contributed by atoms with Gasteiger partial charge in [-0.1, -0.05) is 70.5 Å². The van der Waals surface area contributed by atoms with Gasteiger partial charge in [-0.15, -0.1) is 0 Å². The molecule has 1 aliphatic rings. The first-order valence-corrected chi connectivity index (χ1v) is 6.96. The van der Waals surface area contributed by atoms with Crippen LogP contribution in [0.4, 0.5) is 0 Å². The maximum atomic E-state index is 6.09. The average molecular weight is 303 g/mol. The van der Waals surface area contributed by atoms with Crippen molar-refractivity contribution in [2.45, 2.75) is 0 Å². The molecule has 2 aromatic rings. The van der Waals surface area contributed by atoms with E-state index in [9.17, 15) is 0 Å². The lowest BCUT2D eigenvalue weighted by Gasteiger charge is -2.37. The minimum Gasteiger partial charge on any atom is -0.570 e. The predicted molar refractivity (Wildman–Crippen MR) is 79.6 cm³/mol. The third-order valence-corrected chi connectivity index (χ3v) is 4.04. The van der Waals surface area contributed by atoms with E-state index in [1.807, 2.05) is 6.07 Å². The van der Waals surface area contributed by atoms with Gasteiger partial charge in [0.1, 0.15) is 0 Å². The minimum atomic E-state index is -1.25. The predicted octanol–water partition coefficient (Wildman–Crippen LogP) is 1.63. The lowest BCUT2D eigenvalue weighted by atomic mass is 9.42. The van der Waals surface area contributed by atoms with Crippen LogP contribution in [0.15, 0.2) is 59.1 Å². The number of hydrogen-bond acceptors (Lipinski definition) is 2. The van der Waals surface area contributed by atoms with E-state index in [1.165, 1.54) is 10.9 Å². The molecule has 0 aliphatic carbocycles. The first-order valence-electron chi connectivity index (χ1n) is 6.16. The molecule has 2 aromatic carbocycles. The van der Waals surface area contributed by atoms with Crippen LogP contribution < -0.4 is 16.2 Å². The molecule has 0 bridgehead atoms. The van der Waals surface area contributed by atoms with Crippen LogP contribution in [-0.4, -0.2) is 19.6 Å². The van der Waals surface area contributed by atoms with E-state index < -0.39 is 6.48 Å². The van der Waals surface area contributed by atoms with Crippen molar-refractivity contribution < 1.29 is 4.65 Å². The van der Waals surface area contributed by atoms with Gasteiger partial charge in [-0.25, -0.2) is 0 Å². The lowest BCUT2D eigenvalue weighted by molar-refractivity contribution is 0.367. The van der Waals surface area contributed by atoms with Crippen molar-refractivity contribution in [3.8, 4) is 0 Å². The number of hydrogen-bond donors (Lipinski definition) is 1. The molecule has 0 aromatic heterocycles. The Balaban J connectivity index is 2.10. The van der Waals surface area contributed by atoms with Gasteiger partial charge in [-0.05, 0) is 6.54 Å². The second-order valence-electron chi connectivity index (χ2n) is 4.57. The van der Waals surface area contributed by atoms with Gasteiger partial charge in [0.15, 0.2) is 0 Å². The largest absolute Gasteiger partial charge is 0.570 e. The fourth-order valence-corrected chi connectivity index (χ4v) is 2.90. The summed E-state index contributed by atoms with van der Waals surface area (Å²) in [4.78, 5) is 0. The van der Waals surface area contributed by atoms with Gasteiger partial charge in [0.2, 0.25) is 6.48 Å². The van der Waals surface area contributed by atoms with Crippen molar-refractivity contribution >= 4 is 33.3 Å². The number of halogens is 1. The Hall–Kier alpha value is -1.10. The third kappa shape index (κ3) is 2.01. The summed E-state index contributed by atoms with van der Waals surface area (Å²) in [7, 11) is 0. The van der Waals surface area contributed by atoms with Gasteiger partial charge in [-0.2, -0.15) is 10.9 Å². The van der Waals surface area contributed by atoms with E-state index >= 15 is 0 Å². The summed E-state index contributed by atoms with van der Waals surface area (Å²) >= 11 is 3.47. The molecule has 0 spiro atoms. The highest BCUT2D eigenvalue weighted by Gasteiger charge is 2.32. The molecule has 3 rings (SSSR count). The van der Waals surface area contributed by atoms with Crippen LogP contribution >= 0.6 is 15.9 Å². The SMILES string of the molecule is Brc1ccc([B-]2(c3ccccc3)NCCO2)cc1. The van der Waals surface area contributed by atoms with Crippen molar-refractivity contribution in [1.29, 1.82) is 0 Å². The molecule has 1 unspecified atom stereocenters. The van der Waals surface area contributed by atoms with E-state index in [4.69, 9.17) is 4.65 Å². The maximum absolute atomic E-state index is 6.09. The van der Waals surface area contributed by atoms with E-state index in [1.54, 1.807) is 0 Å². The normalized spacial score (nSPS) is 23.2. The maximum Gasteiger partial charge on any atom is 0.239 e. The lowest BCUT2D eigenvalue weighted by Crippen LogP contribution is -2.67. The Morgan fingerprint density at radius 2 is 1.61 bits per heavy atom. The van der Waals surface area contributed by atoms with Gasteiger partial charge in [0.05, 0.1) is 0 Å². The van der Waals surface area contributed by atoms with Gasteiger partial charge in [-0.3, -0.25) is 0 Å². The average Bonchev–Trinajstić information content (AvgIpc) is 2.91. The monoisotopic (exact) mass is 302 g/mol. The summed E-state index contributed by atoms with van der Waals surface area (Å²) in [6, 6.07) is 18.8. The molecule has 2 nitrogen and oxygen atoms in total. The minimum absolute atomic E-state index is 0.755. The summed E-state index contributed by atoms with van der Waals surface area (Å²) < 4.78 is 7.17. The summed E-state index contributed by atoms with van der Waals surface area (Å²) in [5.74, 6) is 0. The molecular weight excluding hydrogens is 289 g/mol. The number of nitrogens with one attached hydrogen (secondary N) is 1. The highest BCUT2D eigenvalue weighted by Crippen LogP contribution is 2.12. The van der Waals surface area contributed by atoms with E-state index in [0.717, 1.165) is 17.6 Å². The molecule has 1 aliphatic heterocycles. The first kappa shape index (κ1) is 12.0. The topological polar surface area (TPSA) is 21.3 Å². The van der Waals surface area contributed by atoms with Crippen LogP contribution in [-0.2, 0) is 4.65 Å². The van der Waals surface area contributed by atoms with Crippen LogP contribution in [0.3, 0.4) is 0 Å². The van der Waals surface area contributed by atoms with Gasteiger partial charge in [0.25, 0.3) is 0 Å². The number of rotatable bonds is 2. The molecule has 92 valence electrons. The smallest absolute Gasteiger partial charge is 0.239 e. The van der Waals surface area contributed by atoms with Crippen LogP contribution in [0.25, 0.3) is 0 Å². The summed E-state index contributed by atoms with van der Waals surface area (Å²) in [5, 5.41) is 3.55. The Kier molecular flexibility index (Phi) is 3.24. The summed E-state index contributed by atoms with van der Waals surface area (Å²) in [6.45, 7) is 0.395. The van der Waals surface area contributed by atoms with Crippen molar-refractivity contribution in [1.82, 2.24) is 5.23 Å². The molecule has 1 heterocycles. The zero-order valence-corrected chi connectivity index (χ0v) is 11.6. The van der Waals surface area contributed by atoms with Crippen LogP contribution in [0.1, 0.15) is 0 Å². The van der Waals surface area contributed by atoms with Crippen LogP contribution in [0.5, 0.6) is 0 Å². The summed E-state index contributed by atoms with van der Waals surface area (Å²) in [5.41, 5.74) is 2.40. The highest BCUT2D eigenvalue weighted by atomic mass is 79.9. The quantitative estimate of drug-likeness (QED) is 0.852. The number of benzene rings is 2. The Bertz CT molecular complexity index is 523. The molecular formula is C14H14BBrNO-. The summed E-state index contributed by atoms with van der Waals surface area (Å²) in [6.07, 6.45) is 0. The molecule has 0 saturated carbocycles. The van der Waals surface area contributed by atoms with E-state index in [-0.39, 0.29) is 0 Å². The van der Waals surface area contributed by atoms with Gasteiger partial charge >= 0.3 is 0 Å². The molecule has 1 fully saturated rings.